The fourth-order valence-electron chi connectivity index (χ4n) is 4.30. The summed E-state index contributed by atoms with van der Waals surface area (Å²) in [5.41, 5.74) is 3.53. The Kier molecular flexibility index (Phi) is 9.91. The molecule has 6 heteroatoms. The SMILES string of the molecule is CC(C)(Cc1cccc(CC(=O)NCCCCc2ccccc2)c1)NCC(O)c1cc(O)cc(O)c1. The van der Waals surface area contributed by atoms with Crippen molar-refractivity contribution < 1.29 is 20.1 Å². The number of hydrogen-bond acceptors (Lipinski definition) is 5. The van der Waals surface area contributed by atoms with Crippen molar-refractivity contribution >= 4 is 5.91 Å². The first-order valence-corrected chi connectivity index (χ1v) is 12.5. The topological polar surface area (TPSA) is 102 Å². The molecule has 192 valence electrons. The number of aromatic hydroxyl groups is 2. The van der Waals surface area contributed by atoms with Gasteiger partial charge in [0.2, 0.25) is 5.91 Å². The molecule has 3 aromatic rings. The Morgan fingerprint density at radius 1 is 0.861 bits per heavy atom. The Hall–Kier alpha value is -3.35. The lowest BCUT2D eigenvalue weighted by molar-refractivity contribution is -0.120. The Morgan fingerprint density at radius 3 is 2.25 bits per heavy atom. The summed E-state index contributed by atoms with van der Waals surface area (Å²) in [6, 6.07) is 22.5. The molecular weight excluding hydrogens is 452 g/mol. The van der Waals surface area contributed by atoms with Crippen LogP contribution in [0.4, 0.5) is 0 Å². The van der Waals surface area contributed by atoms with E-state index in [1.807, 2.05) is 24.3 Å². The van der Waals surface area contributed by atoms with E-state index in [4.69, 9.17) is 0 Å². The Morgan fingerprint density at radius 2 is 1.53 bits per heavy atom. The molecule has 0 fully saturated rings. The third-order valence-electron chi connectivity index (χ3n) is 6.14. The van der Waals surface area contributed by atoms with Crippen LogP contribution in [0.25, 0.3) is 0 Å². The Balaban J connectivity index is 1.42. The van der Waals surface area contributed by atoms with Gasteiger partial charge in [0.25, 0.3) is 0 Å². The number of aliphatic hydroxyl groups excluding tert-OH is 1. The van der Waals surface area contributed by atoms with Crippen molar-refractivity contribution in [3.8, 4) is 11.5 Å². The lowest BCUT2D eigenvalue weighted by atomic mass is 9.93. The maximum absolute atomic E-state index is 12.4. The number of phenols is 2. The summed E-state index contributed by atoms with van der Waals surface area (Å²) >= 11 is 0. The molecule has 36 heavy (non-hydrogen) atoms. The molecule has 1 atom stereocenters. The molecule has 0 aliphatic carbocycles. The van der Waals surface area contributed by atoms with E-state index in [9.17, 15) is 20.1 Å². The fourth-order valence-corrected chi connectivity index (χ4v) is 4.30. The molecule has 0 aliphatic heterocycles. The van der Waals surface area contributed by atoms with Crippen LogP contribution in [0.15, 0.2) is 72.8 Å². The van der Waals surface area contributed by atoms with Crippen molar-refractivity contribution in [1.82, 2.24) is 10.6 Å². The number of hydrogen-bond donors (Lipinski definition) is 5. The number of unbranched alkanes of at least 4 members (excludes halogenated alkanes) is 1. The number of carbonyl (C=O) groups is 1. The van der Waals surface area contributed by atoms with Gasteiger partial charge in [0.1, 0.15) is 11.5 Å². The van der Waals surface area contributed by atoms with Gasteiger partial charge in [-0.3, -0.25) is 4.79 Å². The van der Waals surface area contributed by atoms with E-state index in [2.05, 4.69) is 54.8 Å². The van der Waals surface area contributed by atoms with Crippen molar-refractivity contribution in [1.29, 1.82) is 0 Å². The van der Waals surface area contributed by atoms with E-state index in [0.717, 1.165) is 30.4 Å². The second-order valence-corrected chi connectivity index (χ2v) is 10.0. The highest BCUT2D eigenvalue weighted by atomic mass is 16.3. The molecule has 3 aromatic carbocycles. The number of β-amino-alcohol motifs (C(OH)–C–C–N with tert-alkyl or cyclic N) is 1. The van der Waals surface area contributed by atoms with Gasteiger partial charge >= 0.3 is 0 Å². The number of rotatable bonds is 13. The minimum absolute atomic E-state index is 0.0294. The summed E-state index contributed by atoms with van der Waals surface area (Å²) in [6.07, 6.45) is 3.21. The van der Waals surface area contributed by atoms with Crippen molar-refractivity contribution in [2.75, 3.05) is 13.1 Å². The maximum Gasteiger partial charge on any atom is 0.224 e. The lowest BCUT2D eigenvalue weighted by Crippen LogP contribution is -2.43. The number of phenolic OH excluding ortho intramolecular Hbond substituents is 2. The normalized spacial score (nSPS) is 12.3. The number of aliphatic hydroxyl groups is 1. The fraction of sp³-hybridized carbons (Fsp3) is 0.367. The molecule has 0 aromatic heterocycles. The highest BCUT2D eigenvalue weighted by molar-refractivity contribution is 5.78. The van der Waals surface area contributed by atoms with Crippen LogP contribution in [0.2, 0.25) is 0 Å². The van der Waals surface area contributed by atoms with Crippen LogP contribution in [0, 0.1) is 0 Å². The number of carbonyl (C=O) groups excluding carboxylic acids is 1. The predicted molar refractivity (Wildman–Crippen MR) is 143 cm³/mol. The zero-order valence-corrected chi connectivity index (χ0v) is 21.2. The molecule has 0 spiro atoms. The van der Waals surface area contributed by atoms with Gasteiger partial charge in [-0.1, -0.05) is 54.6 Å². The Bertz CT molecular complexity index is 1090. The third-order valence-corrected chi connectivity index (χ3v) is 6.14. The third kappa shape index (κ3) is 9.36. The van der Waals surface area contributed by atoms with Gasteiger partial charge in [0.15, 0.2) is 0 Å². The van der Waals surface area contributed by atoms with E-state index >= 15 is 0 Å². The van der Waals surface area contributed by atoms with Crippen LogP contribution in [0.5, 0.6) is 11.5 Å². The van der Waals surface area contributed by atoms with E-state index in [1.165, 1.54) is 23.8 Å². The molecule has 5 N–H and O–H groups in total. The average molecular weight is 491 g/mol. The molecule has 3 rings (SSSR count). The first-order valence-electron chi connectivity index (χ1n) is 12.5. The lowest BCUT2D eigenvalue weighted by Gasteiger charge is -2.28. The Labute approximate surface area is 214 Å². The molecule has 0 saturated heterocycles. The van der Waals surface area contributed by atoms with Crippen LogP contribution < -0.4 is 10.6 Å². The van der Waals surface area contributed by atoms with Crippen LogP contribution in [0.3, 0.4) is 0 Å². The number of amides is 1. The van der Waals surface area contributed by atoms with Gasteiger partial charge < -0.3 is 26.0 Å². The van der Waals surface area contributed by atoms with Gasteiger partial charge in [-0.25, -0.2) is 0 Å². The zero-order valence-electron chi connectivity index (χ0n) is 21.2. The smallest absolute Gasteiger partial charge is 0.224 e. The van der Waals surface area contributed by atoms with Gasteiger partial charge in [0.05, 0.1) is 12.5 Å². The predicted octanol–water partition coefficient (Wildman–Crippen LogP) is 4.42. The van der Waals surface area contributed by atoms with Crippen molar-refractivity contribution in [2.24, 2.45) is 0 Å². The van der Waals surface area contributed by atoms with Gasteiger partial charge in [0, 0.05) is 24.7 Å². The average Bonchev–Trinajstić information content (AvgIpc) is 2.82. The second-order valence-electron chi connectivity index (χ2n) is 10.0. The van der Waals surface area contributed by atoms with Crippen molar-refractivity contribution in [3.05, 3.63) is 95.1 Å². The first kappa shape index (κ1) is 27.2. The monoisotopic (exact) mass is 490 g/mol. The quantitative estimate of drug-likeness (QED) is 0.228. The summed E-state index contributed by atoms with van der Waals surface area (Å²) in [5.74, 6) is -0.144. The number of benzene rings is 3. The highest BCUT2D eigenvalue weighted by Gasteiger charge is 2.20. The van der Waals surface area contributed by atoms with E-state index in [1.54, 1.807) is 0 Å². The number of aryl methyl sites for hydroxylation is 1. The van der Waals surface area contributed by atoms with E-state index in [0.29, 0.717) is 24.9 Å². The molecule has 1 unspecified atom stereocenters. The standard InChI is InChI=1S/C30H38N2O4/c1-30(2,32-21-28(35)25-17-26(33)19-27(34)18-25)20-24-13-8-12-23(15-24)16-29(36)31-14-7-6-11-22-9-4-3-5-10-22/h3-5,8-10,12-13,15,17-19,28,32-35H,6-7,11,14,16,20-21H2,1-2H3,(H,31,36). The minimum atomic E-state index is -0.870. The molecule has 0 aliphatic rings. The minimum Gasteiger partial charge on any atom is -0.508 e. The largest absolute Gasteiger partial charge is 0.508 e. The summed E-state index contributed by atoms with van der Waals surface area (Å²) in [6.45, 7) is 5.05. The molecule has 1 amide bonds. The van der Waals surface area contributed by atoms with Gasteiger partial charge in [-0.05, 0) is 73.9 Å². The van der Waals surface area contributed by atoms with Crippen LogP contribution >= 0.6 is 0 Å². The first-order chi connectivity index (χ1) is 17.2. The van der Waals surface area contributed by atoms with Crippen molar-refractivity contribution in [2.45, 2.75) is 57.6 Å². The second kappa shape index (κ2) is 13.1. The van der Waals surface area contributed by atoms with Crippen LogP contribution in [0.1, 0.15) is 55.0 Å². The summed E-state index contributed by atoms with van der Waals surface area (Å²) in [5, 5.41) is 36.2. The van der Waals surface area contributed by atoms with Crippen molar-refractivity contribution in [3.63, 3.8) is 0 Å². The van der Waals surface area contributed by atoms with Gasteiger partial charge in [-0.2, -0.15) is 0 Å². The molecule has 6 nitrogen and oxygen atoms in total. The zero-order chi connectivity index (χ0) is 26.0. The number of nitrogens with one attached hydrogen (secondary N) is 2. The van der Waals surface area contributed by atoms with Crippen LogP contribution in [-0.2, 0) is 24.1 Å². The molecule has 0 bridgehead atoms. The van der Waals surface area contributed by atoms with E-state index < -0.39 is 6.10 Å². The van der Waals surface area contributed by atoms with Crippen LogP contribution in [-0.4, -0.2) is 39.9 Å². The highest BCUT2D eigenvalue weighted by Crippen LogP contribution is 2.25. The summed E-state index contributed by atoms with van der Waals surface area (Å²) in [7, 11) is 0. The van der Waals surface area contributed by atoms with E-state index in [-0.39, 0.29) is 29.5 Å². The molecule has 0 heterocycles. The molecule has 0 radical (unpaired) electrons. The van der Waals surface area contributed by atoms with Gasteiger partial charge in [-0.15, -0.1) is 0 Å². The molecule has 0 saturated carbocycles. The summed E-state index contributed by atoms with van der Waals surface area (Å²) in [4.78, 5) is 12.4. The summed E-state index contributed by atoms with van der Waals surface area (Å²) < 4.78 is 0. The molecular formula is C30H38N2O4. The maximum atomic E-state index is 12.4.